The van der Waals surface area contributed by atoms with Crippen molar-refractivity contribution in [2.75, 3.05) is 6.61 Å². The molecule has 0 radical (unpaired) electrons. The van der Waals surface area contributed by atoms with Crippen LogP contribution >= 0.6 is 0 Å². The van der Waals surface area contributed by atoms with Gasteiger partial charge in [0.1, 0.15) is 0 Å². The van der Waals surface area contributed by atoms with Gasteiger partial charge in [0, 0.05) is 13.0 Å². The van der Waals surface area contributed by atoms with Gasteiger partial charge in [-0.1, -0.05) is 78.2 Å². The molecule has 0 bridgehead atoms. The molecule has 0 saturated heterocycles. The van der Waals surface area contributed by atoms with E-state index in [1.807, 2.05) is 33.8 Å². The SMILES string of the molecule is CC.CC.CCCCC[C@H](O)/C=C/[C@H]1CC[C@H](CO)[C@@H]1C/C=C\CCCC(=O)O. The lowest BCUT2D eigenvalue weighted by atomic mass is 9.86. The van der Waals surface area contributed by atoms with Crippen LogP contribution in [0.4, 0.5) is 0 Å². The Morgan fingerprint density at radius 2 is 1.76 bits per heavy atom. The van der Waals surface area contributed by atoms with E-state index in [0.29, 0.717) is 24.2 Å². The highest BCUT2D eigenvalue weighted by atomic mass is 16.4. The maximum Gasteiger partial charge on any atom is 0.303 e. The predicted molar refractivity (Wildman–Crippen MR) is 124 cm³/mol. The Kier molecular flexibility index (Phi) is 22.4. The lowest BCUT2D eigenvalue weighted by Gasteiger charge is -2.20. The van der Waals surface area contributed by atoms with Crippen LogP contribution in [0.25, 0.3) is 0 Å². The Bertz CT molecular complexity index is 417. The van der Waals surface area contributed by atoms with Gasteiger partial charge in [-0.2, -0.15) is 0 Å². The molecule has 0 aromatic rings. The Morgan fingerprint density at radius 3 is 2.34 bits per heavy atom. The first kappa shape index (κ1) is 30.1. The highest BCUT2D eigenvalue weighted by Crippen LogP contribution is 2.40. The maximum absolute atomic E-state index is 10.5. The quantitative estimate of drug-likeness (QED) is 0.242. The van der Waals surface area contributed by atoms with Gasteiger partial charge in [0.15, 0.2) is 0 Å². The number of rotatable bonds is 13. The molecule has 3 N–H and O–H groups in total. The molecule has 172 valence electrons. The molecule has 1 aliphatic carbocycles. The Balaban J connectivity index is 0. The van der Waals surface area contributed by atoms with E-state index in [-0.39, 0.29) is 19.1 Å². The molecule has 4 atom stereocenters. The summed E-state index contributed by atoms with van der Waals surface area (Å²) in [6.07, 6.45) is 16.9. The lowest BCUT2D eigenvalue weighted by Crippen LogP contribution is -2.16. The third-order valence-corrected chi connectivity index (χ3v) is 5.28. The van der Waals surface area contributed by atoms with Crippen molar-refractivity contribution in [1.29, 1.82) is 0 Å². The Hall–Kier alpha value is -1.13. The smallest absolute Gasteiger partial charge is 0.303 e. The van der Waals surface area contributed by atoms with Gasteiger partial charge in [-0.05, 0) is 56.3 Å². The maximum atomic E-state index is 10.5. The minimum Gasteiger partial charge on any atom is -0.481 e. The van der Waals surface area contributed by atoms with Crippen molar-refractivity contribution in [3.63, 3.8) is 0 Å². The van der Waals surface area contributed by atoms with Crippen LogP contribution in [-0.4, -0.2) is 34.0 Å². The van der Waals surface area contributed by atoms with Gasteiger partial charge in [-0.15, -0.1) is 0 Å². The number of carboxylic acid groups (broad SMARTS) is 1. The molecule has 0 unspecified atom stereocenters. The Labute approximate surface area is 180 Å². The summed E-state index contributed by atoms with van der Waals surface area (Å²) in [4.78, 5) is 10.5. The first-order valence-corrected chi connectivity index (χ1v) is 11.9. The number of allylic oxidation sites excluding steroid dienone is 3. The summed E-state index contributed by atoms with van der Waals surface area (Å²) >= 11 is 0. The van der Waals surface area contributed by atoms with E-state index in [9.17, 15) is 15.0 Å². The Morgan fingerprint density at radius 1 is 1.07 bits per heavy atom. The van der Waals surface area contributed by atoms with Gasteiger partial charge in [-0.25, -0.2) is 0 Å². The number of aliphatic carboxylic acids is 1. The van der Waals surface area contributed by atoms with Crippen molar-refractivity contribution in [2.45, 2.75) is 105 Å². The van der Waals surface area contributed by atoms with E-state index < -0.39 is 5.97 Å². The van der Waals surface area contributed by atoms with E-state index in [0.717, 1.165) is 51.4 Å². The van der Waals surface area contributed by atoms with Crippen LogP contribution in [0.1, 0.15) is 98.8 Å². The number of carboxylic acids is 1. The van der Waals surface area contributed by atoms with E-state index in [1.165, 1.54) is 0 Å². The molecular formula is C25H48O4. The zero-order valence-electron chi connectivity index (χ0n) is 19.6. The van der Waals surface area contributed by atoms with Crippen LogP contribution < -0.4 is 0 Å². The topological polar surface area (TPSA) is 77.8 Å². The van der Waals surface area contributed by atoms with Crippen LogP contribution in [0.2, 0.25) is 0 Å². The number of aliphatic hydroxyl groups is 2. The van der Waals surface area contributed by atoms with Crippen LogP contribution in [0.3, 0.4) is 0 Å². The molecule has 0 amide bonds. The first-order chi connectivity index (χ1) is 14.1. The molecule has 0 aliphatic heterocycles. The van der Waals surface area contributed by atoms with Crippen LogP contribution in [0, 0.1) is 17.8 Å². The molecule has 1 saturated carbocycles. The monoisotopic (exact) mass is 412 g/mol. The summed E-state index contributed by atoms with van der Waals surface area (Å²) in [6.45, 7) is 10.4. The van der Waals surface area contributed by atoms with Crippen molar-refractivity contribution in [1.82, 2.24) is 0 Å². The fourth-order valence-corrected chi connectivity index (χ4v) is 3.73. The van der Waals surface area contributed by atoms with Crippen molar-refractivity contribution >= 4 is 5.97 Å². The first-order valence-electron chi connectivity index (χ1n) is 11.9. The summed E-state index contributed by atoms with van der Waals surface area (Å²) in [5.41, 5.74) is 0. The van der Waals surface area contributed by atoms with Gasteiger partial charge in [0.2, 0.25) is 0 Å². The van der Waals surface area contributed by atoms with Crippen molar-refractivity contribution in [3.8, 4) is 0 Å². The zero-order valence-corrected chi connectivity index (χ0v) is 19.6. The third-order valence-electron chi connectivity index (χ3n) is 5.28. The van der Waals surface area contributed by atoms with E-state index in [4.69, 9.17) is 5.11 Å². The summed E-state index contributed by atoms with van der Waals surface area (Å²) < 4.78 is 0. The summed E-state index contributed by atoms with van der Waals surface area (Å²) in [5.74, 6) is 0.421. The summed E-state index contributed by atoms with van der Waals surface area (Å²) in [6, 6.07) is 0. The molecule has 29 heavy (non-hydrogen) atoms. The molecule has 1 aliphatic rings. The molecule has 0 aromatic carbocycles. The molecule has 4 heteroatoms. The fraction of sp³-hybridized carbons (Fsp3) is 0.800. The second-order valence-corrected chi connectivity index (χ2v) is 7.29. The molecule has 1 fully saturated rings. The van der Waals surface area contributed by atoms with Gasteiger partial charge in [-0.3, -0.25) is 4.79 Å². The molecular weight excluding hydrogens is 364 g/mol. The van der Waals surface area contributed by atoms with Crippen LogP contribution in [0.5, 0.6) is 0 Å². The average Bonchev–Trinajstić information content (AvgIpc) is 3.13. The number of unbranched alkanes of at least 4 members (excludes halogenated alkanes) is 3. The number of hydrogen-bond acceptors (Lipinski definition) is 3. The average molecular weight is 413 g/mol. The molecule has 4 nitrogen and oxygen atoms in total. The van der Waals surface area contributed by atoms with E-state index in [2.05, 4.69) is 25.2 Å². The zero-order chi connectivity index (χ0) is 22.5. The number of hydrogen-bond donors (Lipinski definition) is 3. The summed E-state index contributed by atoms with van der Waals surface area (Å²) in [5, 5.41) is 28.3. The fourth-order valence-electron chi connectivity index (χ4n) is 3.73. The highest BCUT2D eigenvalue weighted by Gasteiger charge is 2.33. The van der Waals surface area contributed by atoms with Gasteiger partial charge in [0.05, 0.1) is 6.10 Å². The molecule has 0 spiro atoms. The molecule has 0 aromatic heterocycles. The second-order valence-electron chi connectivity index (χ2n) is 7.29. The highest BCUT2D eigenvalue weighted by molar-refractivity contribution is 5.66. The minimum absolute atomic E-state index is 0.217. The van der Waals surface area contributed by atoms with Gasteiger partial charge < -0.3 is 15.3 Å². The van der Waals surface area contributed by atoms with Crippen molar-refractivity contribution in [3.05, 3.63) is 24.3 Å². The third kappa shape index (κ3) is 15.4. The summed E-state index contributed by atoms with van der Waals surface area (Å²) in [7, 11) is 0. The van der Waals surface area contributed by atoms with Crippen LogP contribution in [-0.2, 0) is 4.79 Å². The van der Waals surface area contributed by atoms with Gasteiger partial charge in [0.25, 0.3) is 0 Å². The van der Waals surface area contributed by atoms with E-state index in [1.54, 1.807) is 0 Å². The lowest BCUT2D eigenvalue weighted by molar-refractivity contribution is -0.137. The van der Waals surface area contributed by atoms with Crippen LogP contribution in [0.15, 0.2) is 24.3 Å². The number of aliphatic hydroxyl groups excluding tert-OH is 2. The predicted octanol–water partition coefficient (Wildman–Crippen LogP) is 6.37. The normalized spacial score (nSPS) is 22.1. The molecule has 0 heterocycles. The largest absolute Gasteiger partial charge is 0.481 e. The second kappa shape index (κ2) is 21.6. The van der Waals surface area contributed by atoms with Crippen molar-refractivity contribution < 1.29 is 20.1 Å². The van der Waals surface area contributed by atoms with E-state index >= 15 is 0 Å². The standard InChI is InChI=1S/C21H36O4.2C2H6/c1-2-3-6-9-19(23)15-14-17-12-13-18(16-22)20(17)10-7-4-5-8-11-21(24)25;2*1-2/h4,7,14-15,17-20,22-23H,2-3,5-6,8-13,16H2,1H3,(H,24,25);2*1-2H3/b7-4-,15-14+;;/t17-,18-,19+,20-;;/m1../s1. The number of carbonyl (C=O) groups is 1. The van der Waals surface area contributed by atoms with Crippen molar-refractivity contribution in [2.24, 2.45) is 17.8 Å². The minimum atomic E-state index is -0.743. The molecule has 1 rings (SSSR count). The van der Waals surface area contributed by atoms with Gasteiger partial charge >= 0.3 is 5.97 Å².